The molecule has 0 spiro atoms. The second-order valence-corrected chi connectivity index (χ2v) is 6.64. The minimum atomic E-state index is -0.563. The third kappa shape index (κ3) is 3.70. The number of aryl methyl sites for hydroxylation is 1. The lowest BCUT2D eigenvalue weighted by Crippen LogP contribution is -1.94. The van der Waals surface area contributed by atoms with Gasteiger partial charge in [0.15, 0.2) is 17.1 Å². The number of non-ortho nitro benzene ring substituents is 1. The fourth-order valence-corrected chi connectivity index (χ4v) is 3.01. The number of aliphatic imine (C=N–C) groups is 1. The van der Waals surface area contributed by atoms with Gasteiger partial charge in [-0.1, -0.05) is 17.7 Å². The van der Waals surface area contributed by atoms with E-state index in [4.69, 9.17) is 9.15 Å². The summed E-state index contributed by atoms with van der Waals surface area (Å²) >= 11 is 0. The van der Waals surface area contributed by atoms with Crippen LogP contribution in [-0.4, -0.2) is 28.3 Å². The molecule has 150 valence electrons. The van der Waals surface area contributed by atoms with Gasteiger partial charge in [0.1, 0.15) is 5.52 Å². The number of aromatic nitrogens is 1. The van der Waals surface area contributed by atoms with E-state index in [1.54, 1.807) is 18.2 Å². The van der Waals surface area contributed by atoms with Crippen molar-refractivity contribution in [3.63, 3.8) is 0 Å². The summed E-state index contributed by atoms with van der Waals surface area (Å²) in [6, 6.07) is 15.5. The molecule has 1 heterocycles. The summed E-state index contributed by atoms with van der Waals surface area (Å²) in [6.07, 6.45) is 1.34. The van der Waals surface area contributed by atoms with Gasteiger partial charge >= 0.3 is 0 Å². The van der Waals surface area contributed by atoms with E-state index in [1.807, 2.05) is 31.2 Å². The number of benzene rings is 3. The highest BCUT2D eigenvalue weighted by Gasteiger charge is 2.16. The molecule has 0 aliphatic rings. The van der Waals surface area contributed by atoms with Gasteiger partial charge in [-0.25, -0.2) is 4.98 Å². The van der Waals surface area contributed by atoms with Gasteiger partial charge in [-0.3, -0.25) is 15.1 Å². The molecule has 30 heavy (non-hydrogen) atoms. The number of ether oxygens (including phenoxy) is 1. The Morgan fingerprint density at radius 3 is 2.77 bits per heavy atom. The molecule has 0 amide bonds. The van der Waals surface area contributed by atoms with Gasteiger partial charge in [-0.05, 0) is 31.2 Å². The van der Waals surface area contributed by atoms with Crippen LogP contribution in [-0.2, 0) is 0 Å². The quantitative estimate of drug-likeness (QED) is 0.279. The number of oxazole rings is 1. The Kier molecular flexibility index (Phi) is 4.89. The monoisotopic (exact) mass is 403 g/mol. The van der Waals surface area contributed by atoms with Crippen LogP contribution in [0.1, 0.15) is 11.1 Å². The number of hydrogen-bond donors (Lipinski definition) is 1. The normalized spacial score (nSPS) is 11.3. The Morgan fingerprint density at radius 2 is 2.03 bits per heavy atom. The summed E-state index contributed by atoms with van der Waals surface area (Å²) in [6.45, 7) is 2.00. The Labute approximate surface area is 171 Å². The topological polar surface area (TPSA) is 111 Å². The van der Waals surface area contributed by atoms with Gasteiger partial charge in [0.05, 0.1) is 23.8 Å². The van der Waals surface area contributed by atoms with Crippen LogP contribution in [0.4, 0.5) is 11.4 Å². The van der Waals surface area contributed by atoms with Crippen LogP contribution in [0.25, 0.3) is 22.6 Å². The van der Waals surface area contributed by atoms with Gasteiger partial charge < -0.3 is 14.3 Å². The molecular formula is C22H17N3O5. The number of phenolic OH excluding ortho intramolecular Hbond substituents is 1. The standard InChI is InChI=1S/C22H17N3O5/c1-13-4-3-5-14(8-13)22-24-18-7-6-16(10-19(18)30-22)23-12-15-9-17(25(27)28)11-20(29-2)21(15)26/h3-12,26H,1-2H3. The van der Waals surface area contributed by atoms with Crippen LogP contribution in [0.2, 0.25) is 0 Å². The van der Waals surface area contributed by atoms with Crippen molar-refractivity contribution < 1.29 is 19.2 Å². The molecule has 8 nitrogen and oxygen atoms in total. The third-order valence-corrected chi connectivity index (χ3v) is 4.51. The summed E-state index contributed by atoms with van der Waals surface area (Å²) in [4.78, 5) is 19.3. The molecule has 0 aliphatic carbocycles. The lowest BCUT2D eigenvalue weighted by molar-refractivity contribution is -0.385. The number of phenols is 1. The number of rotatable bonds is 5. The molecule has 0 saturated carbocycles. The van der Waals surface area contributed by atoms with Gasteiger partial charge in [0.25, 0.3) is 5.69 Å². The molecule has 4 rings (SSSR count). The molecule has 0 fully saturated rings. The van der Waals surface area contributed by atoms with E-state index in [0.717, 1.165) is 17.2 Å². The van der Waals surface area contributed by atoms with E-state index < -0.39 is 4.92 Å². The number of nitrogens with zero attached hydrogens (tertiary/aromatic N) is 3. The van der Waals surface area contributed by atoms with Crippen LogP contribution in [0.3, 0.4) is 0 Å². The number of aromatic hydroxyl groups is 1. The summed E-state index contributed by atoms with van der Waals surface area (Å²) in [5.41, 5.74) is 3.72. The lowest BCUT2D eigenvalue weighted by Gasteiger charge is -2.05. The van der Waals surface area contributed by atoms with Crippen molar-refractivity contribution in [2.75, 3.05) is 7.11 Å². The first kappa shape index (κ1) is 19.1. The minimum Gasteiger partial charge on any atom is -0.504 e. The minimum absolute atomic E-state index is 0.000803. The van der Waals surface area contributed by atoms with Crippen molar-refractivity contribution in [1.82, 2.24) is 4.98 Å². The van der Waals surface area contributed by atoms with E-state index in [2.05, 4.69) is 9.98 Å². The van der Waals surface area contributed by atoms with Crippen molar-refractivity contribution in [2.45, 2.75) is 6.92 Å². The maximum absolute atomic E-state index is 11.1. The second kappa shape index (κ2) is 7.67. The first-order chi connectivity index (χ1) is 14.4. The van der Waals surface area contributed by atoms with Gasteiger partial charge in [0.2, 0.25) is 5.89 Å². The van der Waals surface area contributed by atoms with E-state index in [0.29, 0.717) is 22.7 Å². The first-order valence-corrected chi connectivity index (χ1v) is 9.01. The van der Waals surface area contributed by atoms with E-state index >= 15 is 0 Å². The number of nitro benzene ring substituents is 1. The Bertz CT molecular complexity index is 1290. The molecule has 1 aromatic heterocycles. The maximum Gasteiger partial charge on any atom is 0.274 e. The highest BCUT2D eigenvalue weighted by molar-refractivity contribution is 5.89. The SMILES string of the molecule is COc1cc([N+](=O)[O-])cc(C=Nc2ccc3nc(-c4cccc(C)c4)oc3c2)c1O. The fraction of sp³-hybridized carbons (Fsp3) is 0.0909. The Morgan fingerprint density at radius 1 is 1.20 bits per heavy atom. The number of hydrogen-bond acceptors (Lipinski definition) is 7. The highest BCUT2D eigenvalue weighted by atomic mass is 16.6. The summed E-state index contributed by atoms with van der Waals surface area (Å²) < 4.78 is 10.9. The van der Waals surface area contributed by atoms with E-state index in [9.17, 15) is 15.2 Å². The molecule has 3 aromatic carbocycles. The molecule has 4 aromatic rings. The predicted octanol–water partition coefficient (Wildman–Crippen LogP) is 5.18. The average molecular weight is 403 g/mol. The summed E-state index contributed by atoms with van der Waals surface area (Å²) in [7, 11) is 1.32. The van der Waals surface area contributed by atoms with Gasteiger partial charge in [-0.2, -0.15) is 0 Å². The zero-order valence-electron chi connectivity index (χ0n) is 16.2. The zero-order valence-corrected chi connectivity index (χ0v) is 16.2. The third-order valence-electron chi connectivity index (χ3n) is 4.51. The van der Waals surface area contributed by atoms with Crippen LogP contribution in [0.5, 0.6) is 11.5 Å². The van der Waals surface area contributed by atoms with Crippen LogP contribution in [0.15, 0.2) is 64.0 Å². The molecular weight excluding hydrogens is 386 g/mol. The van der Waals surface area contributed by atoms with E-state index in [-0.39, 0.29) is 22.7 Å². The van der Waals surface area contributed by atoms with Crippen molar-refractivity contribution in [2.24, 2.45) is 4.99 Å². The molecule has 0 atom stereocenters. The van der Waals surface area contributed by atoms with Crippen LogP contribution in [0, 0.1) is 17.0 Å². The van der Waals surface area contributed by atoms with Crippen molar-refractivity contribution in [1.29, 1.82) is 0 Å². The number of methoxy groups -OCH3 is 1. The fourth-order valence-electron chi connectivity index (χ4n) is 3.01. The van der Waals surface area contributed by atoms with Crippen molar-refractivity contribution in [3.8, 4) is 23.0 Å². The molecule has 0 bridgehead atoms. The molecule has 0 radical (unpaired) electrons. The highest BCUT2D eigenvalue weighted by Crippen LogP contribution is 2.34. The second-order valence-electron chi connectivity index (χ2n) is 6.64. The first-order valence-electron chi connectivity index (χ1n) is 9.01. The molecule has 1 N–H and O–H groups in total. The Hall–Kier alpha value is -4.20. The largest absolute Gasteiger partial charge is 0.504 e. The molecule has 0 unspecified atom stereocenters. The predicted molar refractivity (Wildman–Crippen MR) is 113 cm³/mol. The smallest absolute Gasteiger partial charge is 0.274 e. The maximum atomic E-state index is 11.1. The number of nitro groups is 1. The summed E-state index contributed by atoms with van der Waals surface area (Å²) in [5, 5.41) is 21.3. The molecule has 8 heteroatoms. The van der Waals surface area contributed by atoms with Gasteiger partial charge in [-0.15, -0.1) is 0 Å². The van der Waals surface area contributed by atoms with Crippen molar-refractivity contribution >= 4 is 28.7 Å². The molecule has 0 aliphatic heterocycles. The number of fused-ring (bicyclic) bond motifs is 1. The van der Waals surface area contributed by atoms with Crippen LogP contribution < -0.4 is 4.74 Å². The molecule has 0 saturated heterocycles. The zero-order chi connectivity index (χ0) is 21.3. The van der Waals surface area contributed by atoms with Gasteiger partial charge in [0, 0.05) is 29.5 Å². The Balaban J connectivity index is 1.68. The van der Waals surface area contributed by atoms with Crippen LogP contribution >= 0.6 is 0 Å². The average Bonchev–Trinajstić information content (AvgIpc) is 3.16. The van der Waals surface area contributed by atoms with Crippen molar-refractivity contribution in [3.05, 3.63) is 75.8 Å². The summed E-state index contributed by atoms with van der Waals surface area (Å²) in [5.74, 6) is 0.282. The lowest BCUT2D eigenvalue weighted by atomic mass is 10.1. The van der Waals surface area contributed by atoms with E-state index in [1.165, 1.54) is 19.4 Å².